The molecule has 1 saturated carbocycles. The van der Waals surface area contributed by atoms with Crippen molar-refractivity contribution in [3.8, 4) is 0 Å². The van der Waals surface area contributed by atoms with Crippen LogP contribution in [-0.4, -0.2) is 23.9 Å². The minimum atomic E-state index is -0.495. The SMILES string of the molecule is O=C(CNCC1CC1)Nc1ccc(Br)c([N+](=O)[O-])c1. The van der Waals surface area contributed by atoms with Crippen molar-refractivity contribution < 1.29 is 9.72 Å². The maximum Gasteiger partial charge on any atom is 0.285 e. The Morgan fingerprint density at radius 3 is 2.84 bits per heavy atom. The number of carbonyl (C=O) groups is 1. The molecule has 0 aliphatic heterocycles. The van der Waals surface area contributed by atoms with Crippen LogP contribution in [0.4, 0.5) is 11.4 Å². The number of amides is 1. The van der Waals surface area contributed by atoms with Crippen LogP contribution in [0, 0.1) is 16.0 Å². The molecule has 0 saturated heterocycles. The third-order valence-electron chi connectivity index (χ3n) is 2.84. The van der Waals surface area contributed by atoms with Gasteiger partial charge in [-0.2, -0.15) is 0 Å². The summed E-state index contributed by atoms with van der Waals surface area (Å²) in [5, 5.41) is 16.5. The van der Waals surface area contributed by atoms with Gasteiger partial charge in [0, 0.05) is 11.8 Å². The highest BCUT2D eigenvalue weighted by molar-refractivity contribution is 9.10. The molecular formula is C12H14BrN3O3. The van der Waals surface area contributed by atoms with E-state index >= 15 is 0 Å². The lowest BCUT2D eigenvalue weighted by Crippen LogP contribution is -2.29. The predicted molar refractivity (Wildman–Crippen MR) is 75.0 cm³/mol. The van der Waals surface area contributed by atoms with E-state index in [9.17, 15) is 14.9 Å². The van der Waals surface area contributed by atoms with Crippen molar-refractivity contribution in [2.45, 2.75) is 12.8 Å². The molecule has 0 atom stereocenters. The zero-order valence-corrected chi connectivity index (χ0v) is 11.8. The Balaban J connectivity index is 1.88. The van der Waals surface area contributed by atoms with E-state index in [2.05, 4.69) is 26.6 Å². The minimum absolute atomic E-state index is 0.0660. The highest BCUT2D eigenvalue weighted by Gasteiger charge is 2.20. The predicted octanol–water partition coefficient (Wildman–Crippen LogP) is 2.30. The van der Waals surface area contributed by atoms with Crippen molar-refractivity contribution in [1.29, 1.82) is 0 Å². The van der Waals surface area contributed by atoms with Crippen molar-refractivity contribution in [3.63, 3.8) is 0 Å². The standard InChI is InChI=1S/C12H14BrN3O3/c13-10-4-3-9(5-11(10)16(18)19)15-12(17)7-14-6-8-1-2-8/h3-5,8,14H,1-2,6-7H2,(H,15,17). The largest absolute Gasteiger partial charge is 0.325 e. The monoisotopic (exact) mass is 327 g/mol. The van der Waals surface area contributed by atoms with Crippen molar-refractivity contribution in [1.82, 2.24) is 5.32 Å². The smallest absolute Gasteiger partial charge is 0.285 e. The van der Waals surface area contributed by atoms with Crippen molar-refractivity contribution >= 4 is 33.2 Å². The average molecular weight is 328 g/mol. The normalized spacial score (nSPS) is 14.2. The van der Waals surface area contributed by atoms with Crippen LogP contribution in [0.1, 0.15) is 12.8 Å². The van der Waals surface area contributed by atoms with Gasteiger partial charge in [0.15, 0.2) is 0 Å². The van der Waals surface area contributed by atoms with E-state index in [1.54, 1.807) is 12.1 Å². The van der Waals surface area contributed by atoms with Gasteiger partial charge in [-0.1, -0.05) is 0 Å². The van der Waals surface area contributed by atoms with E-state index in [1.165, 1.54) is 18.9 Å². The summed E-state index contributed by atoms with van der Waals surface area (Å²) in [6.07, 6.45) is 2.46. The van der Waals surface area contributed by atoms with E-state index in [1.807, 2.05) is 0 Å². The number of rotatable bonds is 6. The van der Waals surface area contributed by atoms with Crippen LogP contribution >= 0.6 is 15.9 Å². The molecule has 0 radical (unpaired) electrons. The first-order valence-corrected chi connectivity index (χ1v) is 6.80. The van der Waals surface area contributed by atoms with Gasteiger partial charge in [0.1, 0.15) is 0 Å². The Hall–Kier alpha value is -1.47. The summed E-state index contributed by atoms with van der Waals surface area (Å²) in [6, 6.07) is 4.50. The molecule has 0 spiro atoms. The summed E-state index contributed by atoms with van der Waals surface area (Å²) in [5.74, 6) is 0.513. The van der Waals surface area contributed by atoms with Gasteiger partial charge in [0.2, 0.25) is 5.91 Å². The van der Waals surface area contributed by atoms with Crippen LogP contribution in [0.5, 0.6) is 0 Å². The molecule has 0 bridgehead atoms. The maximum atomic E-state index is 11.6. The Morgan fingerprint density at radius 2 is 2.21 bits per heavy atom. The van der Waals surface area contributed by atoms with Crippen LogP contribution in [0.15, 0.2) is 22.7 Å². The van der Waals surface area contributed by atoms with Crippen LogP contribution in [-0.2, 0) is 4.79 Å². The molecule has 6 nitrogen and oxygen atoms in total. The molecule has 2 N–H and O–H groups in total. The van der Waals surface area contributed by atoms with Gasteiger partial charge in [-0.05, 0) is 53.4 Å². The highest BCUT2D eigenvalue weighted by atomic mass is 79.9. The highest BCUT2D eigenvalue weighted by Crippen LogP contribution is 2.28. The summed E-state index contributed by atoms with van der Waals surface area (Å²) in [4.78, 5) is 21.9. The molecule has 0 heterocycles. The first-order valence-electron chi connectivity index (χ1n) is 6.01. The van der Waals surface area contributed by atoms with E-state index in [-0.39, 0.29) is 18.1 Å². The number of anilines is 1. The lowest BCUT2D eigenvalue weighted by atomic mass is 10.3. The second-order valence-corrected chi connectivity index (χ2v) is 5.40. The molecule has 1 aliphatic carbocycles. The quantitative estimate of drug-likeness (QED) is 0.620. The number of nitro groups is 1. The molecule has 1 aliphatic rings. The number of nitrogens with one attached hydrogen (secondary N) is 2. The maximum absolute atomic E-state index is 11.6. The van der Waals surface area contributed by atoms with Crippen LogP contribution in [0.2, 0.25) is 0 Å². The van der Waals surface area contributed by atoms with Gasteiger partial charge < -0.3 is 10.6 Å². The first-order chi connectivity index (χ1) is 9.06. The molecule has 1 fully saturated rings. The third kappa shape index (κ3) is 4.29. The van der Waals surface area contributed by atoms with E-state index in [0.29, 0.717) is 16.1 Å². The van der Waals surface area contributed by atoms with Gasteiger partial charge in [-0.3, -0.25) is 14.9 Å². The number of halogens is 1. The van der Waals surface area contributed by atoms with Gasteiger partial charge in [0.05, 0.1) is 15.9 Å². The topological polar surface area (TPSA) is 84.3 Å². The van der Waals surface area contributed by atoms with Gasteiger partial charge in [0.25, 0.3) is 5.69 Å². The second-order valence-electron chi connectivity index (χ2n) is 4.55. The molecule has 2 rings (SSSR count). The Bertz CT molecular complexity index is 503. The molecule has 0 unspecified atom stereocenters. The van der Waals surface area contributed by atoms with Crippen LogP contribution in [0.3, 0.4) is 0 Å². The van der Waals surface area contributed by atoms with Crippen molar-refractivity contribution in [2.75, 3.05) is 18.4 Å². The fraction of sp³-hybridized carbons (Fsp3) is 0.417. The lowest BCUT2D eigenvalue weighted by molar-refractivity contribution is -0.385. The number of nitrogens with zero attached hydrogens (tertiary/aromatic N) is 1. The summed E-state index contributed by atoms with van der Waals surface area (Å²) >= 11 is 3.10. The number of hydrogen-bond acceptors (Lipinski definition) is 4. The summed E-state index contributed by atoms with van der Waals surface area (Å²) < 4.78 is 0.391. The molecule has 0 aromatic heterocycles. The Kier molecular flexibility index (Phi) is 4.49. The summed E-state index contributed by atoms with van der Waals surface area (Å²) in [6.45, 7) is 1.08. The number of benzene rings is 1. The van der Waals surface area contributed by atoms with E-state index in [4.69, 9.17) is 0 Å². The van der Waals surface area contributed by atoms with Crippen LogP contribution < -0.4 is 10.6 Å². The van der Waals surface area contributed by atoms with Gasteiger partial charge in [-0.15, -0.1) is 0 Å². The Morgan fingerprint density at radius 1 is 1.47 bits per heavy atom. The zero-order valence-electron chi connectivity index (χ0n) is 10.2. The van der Waals surface area contributed by atoms with E-state index in [0.717, 1.165) is 6.54 Å². The van der Waals surface area contributed by atoms with E-state index < -0.39 is 4.92 Å². The van der Waals surface area contributed by atoms with Crippen molar-refractivity contribution in [2.24, 2.45) is 5.92 Å². The molecule has 1 aromatic carbocycles. The molecule has 7 heteroatoms. The summed E-state index contributed by atoms with van der Waals surface area (Å²) in [7, 11) is 0. The number of nitro benzene ring substituents is 1. The zero-order chi connectivity index (χ0) is 13.8. The van der Waals surface area contributed by atoms with Gasteiger partial charge in [-0.25, -0.2) is 0 Å². The summed E-state index contributed by atoms with van der Waals surface area (Å²) in [5.41, 5.74) is 0.358. The molecule has 19 heavy (non-hydrogen) atoms. The fourth-order valence-electron chi connectivity index (χ4n) is 1.65. The second kappa shape index (κ2) is 6.12. The molecule has 1 amide bonds. The average Bonchev–Trinajstić information content (AvgIpc) is 3.15. The molecular weight excluding hydrogens is 314 g/mol. The number of hydrogen-bond donors (Lipinski definition) is 2. The lowest BCUT2D eigenvalue weighted by Gasteiger charge is -2.06. The Labute approximate surface area is 118 Å². The minimum Gasteiger partial charge on any atom is -0.325 e. The van der Waals surface area contributed by atoms with Gasteiger partial charge >= 0.3 is 0 Å². The third-order valence-corrected chi connectivity index (χ3v) is 3.51. The number of carbonyl (C=O) groups excluding carboxylic acids is 1. The van der Waals surface area contributed by atoms with Crippen LogP contribution in [0.25, 0.3) is 0 Å². The van der Waals surface area contributed by atoms with Crippen molar-refractivity contribution in [3.05, 3.63) is 32.8 Å². The fourth-order valence-corrected chi connectivity index (χ4v) is 2.04. The first kappa shape index (κ1) is 14.0. The molecule has 1 aromatic rings. The molecule has 102 valence electrons.